The number of aliphatic carboxylic acids is 2. The molecular formula is C24H31F6N3O6. The molecule has 15 heteroatoms. The van der Waals surface area contributed by atoms with E-state index in [9.17, 15) is 31.1 Å². The Morgan fingerprint density at radius 3 is 1.90 bits per heavy atom. The average Bonchev–Trinajstić information content (AvgIpc) is 3.41. The molecule has 39 heavy (non-hydrogen) atoms. The smallest absolute Gasteiger partial charge is 0.475 e. The van der Waals surface area contributed by atoms with E-state index in [1.165, 1.54) is 18.4 Å². The Labute approximate surface area is 220 Å². The van der Waals surface area contributed by atoms with Crippen LogP contribution < -0.4 is 0 Å². The van der Waals surface area contributed by atoms with Crippen LogP contribution in [0.4, 0.5) is 26.3 Å². The van der Waals surface area contributed by atoms with Crippen molar-refractivity contribution in [1.29, 1.82) is 0 Å². The molecule has 0 bridgehead atoms. The lowest BCUT2D eigenvalue weighted by molar-refractivity contribution is -0.193. The molecule has 0 aromatic carbocycles. The fraction of sp³-hybridized carbons (Fsp3) is 0.667. The summed E-state index contributed by atoms with van der Waals surface area (Å²) in [6.07, 6.45) is 0.129. The molecule has 4 heterocycles. The third-order valence-electron chi connectivity index (χ3n) is 6.75. The number of alkyl halides is 6. The maximum Gasteiger partial charge on any atom is 0.490 e. The summed E-state index contributed by atoms with van der Waals surface area (Å²) in [7, 11) is 0. The Balaban J connectivity index is 0.000000317. The van der Waals surface area contributed by atoms with E-state index in [0.29, 0.717) is 5.41 Å². The third-order valence-corrected chi connectivity index (χ3v) is 6.75. The first kappa shape index (κ1) is 32.3. The van der Waals surface area contributed by atoms with E-state index < -0.39 is 24.3 Å². The molecule has 3 fully saturated rings. The number of carboxylic acids is 2. The molecule has 0 saturated carbocycles. The number of carbonyl (C=O) groups is 3. The van der Waals surface area contributed by atoms with Gasteiger partial charge in [0.1, 0.15) is 6.10 Å². The topological polar surface area (TPSA) is 120 Å². The number of hydrogen-bond acceptors (Lipinski definition) is 6. The number of piperidine rings is 1. The van der Waals surface area contributed by atoms with E-state index in [0.717, 1.165) is 65.0 Å². The normalized spacial score (nSPS) is 21.3. The van der Waals surface area contributed by atoms with Crippen LogP contribution in [-0.2, 0) is 25.7 Å². The predicted molar refractivity (Wildman–Crippen MR) is 123 cm³/mol. The summed E-state index contributed by atoms with van der Waals surface area (Å²) in [5.74, 6) is -5.28. The Morgan fingerprint density at radius 1 is 0.949 bits per heavy atom. The summed E-state index contributed by atoms with van der Waals surface area (Å²) < 4.78 is 69.6. The van der Waals surface area contributed by atoms with Gasteiger partial charge in [0.25, 0.3) is 5.91 Å². The predicted octanol–water partition coefficient (Wildman–Crippen LogP) is 3.73. The molecule has 1 spiro atoms. The second-order valence-electron chi connectivity index (χ2n) is 9.61. The van der Waals surface area contributed by atoms with Crippen molar-refractivity contribution >= 4 is 17.8 Å². The van der Waals surface area contributed by atoms with Crippen molar-refractivity contribution in [3.63, 3.8) is 0 Å². The minimum Gasteiger partial charge on any atom is -0.475 e. The summed E-state index contributed by atoms with van der Waals surface area (Å²) in [6, 6.07) is 4.16. The molecule has 0 aliphatic carbocycles. The van der Waals surface area contributed by atoms with Gasteiger partial charge >= 0.3 is 24.3 Å². The summed E-state index contributed by atoms with van der Waals surface area (Å²) in [6.45, 7) is 5.82. The Bertz CT molecular complexity index is 912. The number of carbonyl (C=O) groups excluding carboxylic acids is 1. The van der Waals surface area contributed by atoms with Crippen LogP contribution in [0.1, 0.15) is 44.1 Å². The molecule has 1 amide bonds. The number of likely N-dealkylation sites (tertiary alicyclic amines) is 2. The monoisotopic (exact) mass is 571 g/mol. The third kappa shape index (κ3) is 10.6. The quantitative estimate of drug-likeness (QED) is 0.527. The zero-order chi connectivity index (χ0) is 29.3. The van der Waals surface area contributed by atoms with Crippen LogP contribution in [-0.4, -0.2) is 94.1 Å². The summed E-state index contributed by atoms with van der Waals surface area (Å²) >= 11 is 0. The molecular weight excluding hydrogens is 540 g/mol. The summed E-state index contributed by atoms with van der Waals surface area (Å²) in [5.41, 5.74) is 1.59. The SMILES string of the molecule is O=C(C1CCC2(CCN(Cc3cccnc3)CC2)CO1)N1CCCC1.O=C(O)C(F)(F)F.O=C(O)C(F)(F)F. The van der Waals surface area contributed by atoms with Gasteiger partial charge in [-0.1, -0.05) is 6.07 Å². The van der Waals surface area contributed by atoms with Crippen LogP contribution in [0.2, 0.25) is 0 Å². The van der Waals surface area contributed by atoms with Gasteiger partial charge in [0.2, 0.25) is 0 Å². The molecule has 0 radical (unpaired) electrons. The molecule has 3 aliphatic rings. The zero-order valence-electron chi connectivity index (χ0n) is 21.0. The maximum absolute atomic E-state index is 12.5. The van der Waals surface area contributed by atoms with Gasteiger partial charge in [-0.15, -0.1) is 0 Å². The molecule has 3 aliphatic heterocycles. The molecule has 3 saturated heterocycles. The van der Waals surface area contributed by atoms with E-state index >= 15 is 0 Å². The number of halogens is 6. The molecule has 1 aromatic rings. The van der Waals surface area contributed by atoms with Crippen molar-refractivity contribution in [2.75, 3.05) is 32.8 Å². The number of carboxylic acid groups (broad SMARTS) is 2. The minimum absolute atomic E-state index is 0.183. The standard InChI is InChI=1S/C20H29N3O2.2C2HF3O2/c24-19(23-10-1-2-11-23)18-5-6-20(16-25-18)7-12-22(13-8-20)15-17-4-3-9-21-14-17;2*3-2(4,5)1(6)7/h3-4,9,14,18H,1-2,5-8,10-13,15-16H2;2*(H,6,7). The minimum atomic E-state index is -5.08. The second kappa shape index (κ2) is 13.9. The number of ether oxygens (including phenoxy) is 1. The molecule has 1 aromatic heterocycles. The summed E-state index contributed by atoms with van der Waals surface area (Å²) in [5, 5.41) is 14.2. The number of amides is 1. The van der Waals surface area contributed by atoms with Crippen LogP contribution in [0.25, 0.3) is 0 Å². The van der Waals surface area contributed by atoms with Crippen LogP contribution in [0.15, 0.2) is 24.5 Å². The van der Waals surface area contributed by atoms with Crippen LogP contribution in [0.5, 0.6) is 0 Å². The van der Waals surface area contributed by atoms with Gasteiger partial charge in [0, 0.05) is 32.0 Å². The van der Waals surface area contributed by atoms with E-state index in [-0.39, 0.29) is 12.0 Å². The number of hydrogen-bond donors (Lipinski definition) is 2. The Kier molecular flexibility index (Phi) is 11.5. The molecule has 2 N–H and O–H groups in total. The van der Waals surface area contributed by atoms with Gasteiger partial charge in [-0.05, 0) is 68.7 Å². The number of nitrogens with zero attached hydrogens (tertiary/aromatic N) is 3. The van der Waals surface area contributed by atoms with Crippen LogP contribution in [0.3, 0.4) is 0 Å². The first-order chi connectivity index (χ1) is 18.1. The lowest BCUT2D eigenvalue weighted by Gasteiger charge is -2.45. The fourth-order valence-corrected chi connectivity index (χ4v) is 4.54. The van der Waals surface area contributed by atoms with Crippen molar-refractivity contribution in [3.05, 3.63) is 30.1 Å². The highest BCUT2D eigenvalue weighted by atomic mass is 19.4. The van der Waals surface area contributed by atoms with Crippen molar-refractivity contribution in [1.82, 2.24) is 14.8 Å². The van der Waals surface area contributed by atoms with Gasteiger partial charge in [0.05, 0.1) is 6.61 Å². The first-order valence-electron chi connectivity index (χ1n) is 12.2. The van der Waals surface area contributed by atoms with Crippen LogP contribution in [0, 0.1) is 5.41 Å². The second-order valence-corrected chi connectivity index (χ2v) is 9.61. The van der Waals surface area contributed by atoms with E-state index in [4.69, 9.17) is 24.5 Å². The highest BCUT2D eigenvalue weighted by Gasteiger charge is 2.42. The number of aromatic nitrogens is 1. The van der Waals surface area contributed by atoms with Crippen LogP contribution >= 0.6 is 0 Å². The van der Waals surface area contributed by atoms with Gasteiger partial charge < -0.3 is 19.8 Å². The van der Waals surface area contributed by atoms with Gasteiger partial charge in [0.15, 0.2) is 0 Å². The Morgan fingerprint density at radius 2 is 1.49 bits per heavy atom. The zero-order valence-corrected chi connectivity index (χ0v) is 21.0. The lowest BCUT2D eigenvalue weighted by atomic mass is 9.73. The number of rotatable bonds is 3. The van der Waals surface area contributed by atoms with Crippen molar-refractivity contribution < 1.29 is 55.7 Å². The van der Waals surface area contributed by atoms with E-state index in [1.54, 1.807) is 0 Å². The van der Waals surface area contributed by atoms with E-state index in [1.807, 2.05) is 23.4 Å². The Hall–Kier alpha value is -2.94. The largest absolute Gasteiger partial charge is 0.490 e. The van der Waals surface area contributed by atoms with Gasteiger partial charge in [-0.2, -0.15) is 26.3 Å². The average molecular weight is 572 g/mol. The maximum atomic E-state index is 12.5. The van der Waals surface area contributed by atoms with Gasteiger partial charge in [-0.3, -0.25) is 14.7 Å². The lowest BCUT2D eigenvalue weighted by Crippen LogP contribution is -2.49. The van der Waals surface area contributed by atoms with Gasteiger partial charge in [-0.25, -0.2) is 9.59 Å². The molecule has 4 rings (SSSR count). The fourth-order valence-electron chi connectivity index (χ4n) is 4.54. The van der Waals surface area contributed by atoms with E-state index in [2.05, 4.69) is 16.0 Å². The summed E-state index contributed by atoms with van der Waals surface area (Å²) in [4.78, 5) is 39.0. The molecule has 1 atom stereocenters. The van der Waals surface area contributed by atoms with Crippen molar-refractivity contribution in [2.24, 2.45) is 5.41 Å². The molecule has 9 nitrogen and oxygen atoms in total. The highest BCUT2D eigenvalue weighted by molar-refractivity contribution is 5.81. The number of pyridine rings is 1. The highest BCUT2D eigenvalue weighted by Crippen LogP contribution is 2.41. The first-order valence-corrected chi connectivity index (χ1v) is 12.2. The molecule has 1 unspecified atom stereocenters. The molecule has 220 valence electrons. The van der Waals surface area contributed by atoms with Crippen molar-refractivity contribution in [3.8, 4) is 0 Å². The van der Waals surface area contributed by atoms with Crippen molar-refractivity contribution in [2.45, 2.75) is 63.5 Å².